The van der Waals surface area contributed by atoms with Gasteiger partial charge in [-0.15, -0.1) is 0 Å². The third kappa shape index (κ3) is 4.79. The van der Waals surface area contributed by atoms with Crippen LogP contribution in [0, 0.1) is 0 Å². The molecule has 0 bridgehead atoms. The number of nitrogens with one attached hydrogen (secondary N) is 1. The van der Waals surface area contributed by atoms with Gasteiger partial charge in [-0.3, -0.25) is 14.5 Å². The maximum atomic E-state index is 13.3. The third-order valence-electron chi connectivity index (χ3n) is 4.16. The van der Waals surface area contributed by atoms with E-state index in [9.17, 15) is 14.4 Å². The molecule has 1 aliphatic rings. The van der Waals surface area contributed by atoms with Crippen molar-refractivity contribution in [3.05, 3.63) is 53.6 Å². The number of ether oxygens (including phenoxy) is 1. The van der Waals surface area contributed by atoms with Gasteiger partial charge < -0.3 is 10.1 Å². The van der Waals surface area contributed by atoms with Crippen molar-refractivity contribution in [1.82, 2.24) is 5.32 Å². The second-order valence-corrected chi connectivity index (χ2v) is 8.77. The highest BCUT2D eigenvalue weighted by molar-refractivity contribution is 7.99. The first-order valence-electron chi connectivity index (χ1n) is 9.40. The largest absolute Gasteiger partial charge is 0.462 e. The Labute approximate surface area is 174 Å². The highest BCUT2D eigenvalue weighted by Gasteiger charge is 2.30. The second-order valence-electron chi connectivity index (χ2n) is 7.69. The minimum atomic E-state index is -0.464. The molecule has 6 nitrogen and oxygen atoms in total. The molecule has 29 heavy (non-hydrogen) atoms. The number of fused-ring (bicyclic) bond motifs is 2. The van der Waals surface area contributed by atoms with Gasteiger partial charge in [0.15, 0.2) is 0 Å². The molecule has 1 N–H and O–H groups in total. The van der Waals surface area contributed by atoms with Crippen LogP contribution < -0.4 is 10.2 Å². The summed E-state index contributed by atoms with van der Waals surface area (Å²) in [6.45, 7) is 7.49. The smallest absolute Gasteiger partial charge is 0.338 e. The molecule has 0 aromatic heterocycles. The number of carbonyl (C=O) groups excluding carboxylic acids is 3. The molecule has 0 unspecified atom stereocenters. The summed E-state index contributed by atoms with van der Waals surface area (Å²) in [7, 11) is 0. The lowest BCUT2D eigenvalue weighted by molar-refractivity contribution is -0.121. The van der Waals surface area contributed by atoms with E-state index in [0.717, 1.165) is 9.79 Å². The van der Waals surface area contributed by atoms with Crippen molar-refractivity contribution in [3.63, 3.8) is 0 Å². The average Bonchev–Trinajstić information content (AvgIpc) is 2.75. The van der Waals surface area contributed by atoms with E-state index in [2.05, 4.69) is 5.32 Å². The lowest BCUT2D eigenvalue weighted by Gasteiger charge is -2.26. The lowest BCUT2D eigenvalue weighted by atomic mass is 10.1. The summed E-state index contributed by atoms with van der Waals surface area (Å²) in [5, 5.41) is 2.89. The second kappa shape index (κ2) is 8.29. The van der Waals surface area contributed by atoms with Crippen LogP contribution in [0.2, 0.25) is 0 Å². The van der Waals surface area contributed by atoms with Crippen molar-refractivity contribution in [3.8, 4) is 0 Å². The van der Waals surface area contributed by atoms with Gasteiger partial charge in [0, 0.05) is 15.3 Å². The van der Waals surface area contributed by atoms with Gasteiger partial charge in [-0.05, 0) is 58.0 Å². The molecule has 1 heterocycles. The lowest BCUT2D eigenvalue weighted by Crippen LogP contribution is -2.47. The molecule has 2 aromatic carbocycles. The van der Waals surface area contributed by atoms with Crippen molar-refractivity contribution >= 4 is 35.2 Å². The number of hydrogen-bond acceptors (Lipinski definition) is 5. The molecular formula is C22H24N2O4S. The summed E-state index contributed by atoms with van der Waals surface area (Å²) < 4.78 is 5.09. The van der Waals surface area contributed by atoms with Crippen LogP contribution in [-0.4, -0.2) is 36.5 Å². The van der Waals surface area contributed by atoms with Gasteiger partial charge >= 0.3 is 5.97 Å². The molecule has 0 saturated heterocycles. The van der Waals surface area contributed by atoms with Crippen molar-refractivity contribution in [2.75, 3.05) is 18.1 Å². The quantitative estimate of drug-likeness (QED) is 0.771. The Hall–Kier alpha value is -2.80. The minimum Gasteiger partial charge on any atom is -0.462 e. The summed E-state index contributed by atoms with van der Waals surface area (Å²) >= 11 is 1.44. The highest BCUT2D eigenvalue weighted by Crippen LogP contribution is 2.41. The van der Waals surface area contributed by atoms with Crippen LogP contribution in [0.1, 0.15) is 48.4 Å². The number of carbonyl (C=O) groups is 3. The Kier molecular flexibility index (Phi) is 5.98. The summed E-state index contributed by atoms with van der Waals surface area (Å²) in [5.41, 5.74) is 0.959. The summed E-state index contributed by atoms with van der Waals surface area (Å²) in [5.74, 6) is -1.02. The van der Waals surface area contributed by atoms with E-state index >= 15 is 0 Å². The summed E-state index contributed by atoms with van der Waals surface area (Å²) in [4.78, 5) is 41.2. The zero-order valence-corrected chi connectivity index (χ0v) is 17.8. The molecular weight excluding hydrogens is 388 g/mol. The molecule has 0 saturated carbocycles. The number of esters is 1. The van der Waals surface area contributed by atoms with Crippen molar-refractivity contribution in [2.24, 2.45) is 0 Å². The standard InChI is InChI=1S/C22H24N2O4S/c1-5-28-21(27)14-10-11-18-16(12-14)24(13-19(25)23-22(2,3)4)20(26)15-8-6-7-9-17(15)29-18/h6-12H,5,13H2,1-4H3,(H,23,25). The summed E-state index contributed by atoms with van der Waals surface area (Å²) in [6.07, 6.45) is 0. The van der Waals surface area contributed by atoms with Crippen LogP contribution in [0.3, 0.4) is 0 Å². The molecule has 2 amide bonds. The van der Waals surface area contributed by atoms with Crippen LogP contribution >= 0.6 is 11.8 Å². The van der Waals surface area contributed by atoms with E-state index in [-0.39, 0.29) is 25.0 Å². The maximum absolute atomic E-state index is 13.3. The molecule has 0 spiro atoms. The Morgan fingerprint density at radius 3 is 2.52 bits per heavy atom. The van der Waals surface area contributed by atoms with Gasteiger partial charge in [-0.1, -0.05) is 23.9 Å². The van der Waals surface area contributed by atoms with Gasteiger partial charge in [0.2, 0.25) is 5.91 Å². The monoisotopic (exact) mass is 412 g/mol. The van der Waals surface area contributed by atoms with Gasteiger partial charge in [0.1, 0.15) is 6.54 Å². The zero-order chi connectivity index (χ0) is 21.2. The third-order valence-corrected chi connectivity index (χ3v) is 5.30. The van der Waals surface area contributed by atoms with Crippen LogP contribution in [0.25, 0.3) is 0 Å². The van der Waals surface area contributed by atoms with Gasteiger partial charge in [-0.2, -0.15) is 0 Å². The van der Waals surface area contributed by atoms with E-state index in [1.54, 1.807) is 37.3 Å². The van der Waals surface area contributed by atoms with E-state index in [4.69, 9.17) is 4.74 Å². The number of rotatable bonds is 4. The van der Waals surface area contributed by atoms with Crippen LogP contribution in [-0.2, 0) is 9.53 Å². The molecule has 3 rings (SSSR count). The molecule has 0 radical (unpaired) electrons. The Bertz CT molecular complexity index is 966. The number of nitrogens with zero attached hydrogens (tertiary/aromatic N) is 1. The van der Waals surface area contributed by atoms with E-state index in [1.807, 2.05) is 32.9 Å². The number of anilines is 1. The van der Waals surface area contributed by atoms with Crippen molar-refractivity contribution in [2.45, 2.75) is 43.0 Å². The van der Waals surface area contributed by atoms with Crippen LogP contribution in [0.15, 0.2) is 52.3 Å². The Morgan fingerprint density at radius 2 is 1.83 bits per heavy atom. The molecule has 0 aliphatic carbocycles. The molecule has 152 valence electrons. The first kappa shape index (κ1) is 20.9. The van der Waals surface area contributed by atoms with E-state index in [1.165, 1.54) is 16.7 Å². The van der Waals surface area contributed by atoms with Gasteiger partial charge in [0.25, 0.3) is 5.91 Å². The predicted molar refractivity (Wildman–Crippen MR) is 113 cm³/mol. The average molecular weight is 413 g/mol. The topological polar surface area (TPSA) is 75.7 Å². The van der Waals surface area contributed by atoms with Crippen LogP contribution in [0.5, 0.6) is 0 Å². The highest BCUT2D eigenvalue weighted by atomic mass is 32.2. The fraction of sp³-hybridized carbons (Fsp3) is 0.318. The van der Waals surface area contributed by atoms with Gasteiger partial charge in [0.05, 0.1) is 23.4 Å². The minimum absolute atomic E-state index is 0.149. The molecule has 2 aromatic rings. The number of benzene rings is 2. The molecule has 0 atom stereocenters. The fourth-order valence-corrected chi connectivity index (χ4v) is 4.08. The van der Waals surface area contributed by atoms with Crippen molar-refractivity contribution < 1.29 is 19.1 Å². The molecule has 7 heteroatoms. The Morgan fingerprint density at radius 1 is 1.10 bits per heavy atom. The number of hydrogen-bond donors (Lipinski definition) is 1. The predicted octanol–water partition coefficient (Wildman–Crippen LogP) is 3.89. The van der Waals surface area contributed by atoms with E-state index < -0.39 is 11.5 Å². The maximum Gasteiger partial charge on any atom is 0.338 e. The Balaban J connectivity index is 2.06. The molecule has 1 aliphatic heterocycles. The SMILES string of the molecule is CCOC(=O)c1ccc2c(c1)N(CC(=O)NC(C)(C)C)C(=O)c1ccccc1S2. The first-order valence-corrected chi connectivity index (χ1v) is 10.2. The zero-order valence-electron chi connectivity index (χ0n) is 16.9. The van der Waals surface area contributed by atoms with E-state index in [0.29, 0.717) is 16.8 Å². The molecule has 0 fully saturated rings. The fourth-order valence-electron chi connectivity index (χ4n) is 3.02. The van der Waals surface area contributed by atoms with Crippen LogP contribution in [0.4, 0.5) is 5.69 Å². The normalized spacial score (nSPS) is 13.2. The van der Waals surface area contributed by atoms with Gasteiger partial charge in [-0.25, -0.2) is 4.79 Å². The van der Waals surface area contributed by atoms with Crippen molar-refractivity contribution in [1.29, 1.82) is 0 Å². The first-order chi connectivity index (χ1) is 13.7. The number of amides is 2. The summed E-state index contributed by atoms with van der Waals surface area (Å²) in [6, 6.07) is 12.4.